The second-order valence-electron chi connectivity index (χ2n) is 6.46. The number of halogens is 2. The van der Waals surface area contributed by atoms with Gasteiger partial charge in [-0.05, 0) is 72.3 Å². The molecule has 0 aliphatic rings. The van der Waals surface area contributed by atoms with Gasteiger partial charge in [-0.3, -0.25) is 0 Å². The fourth-order valence-corrected chi connectivity index (χ4v) is 3.79. The molecule has 0 bridgehead atoms. The van der Waals surface area contributed by atoms with Gasteiger partial charge in [0, 0.05) is 13.0 Å². The van der Waals surface area contributed by atoms with Crippen molar-refractivity contribution in [2.45, 2.75) is 19.3 Å². The summed E-state index contributed by atoms with van der Waals surface area (Å²) in [5.41, 5.74) is 1.86. The van der Waals surface area contributed by atoms with E-state index < -0.39 is 10.0 Å². The van der Waals surface area contributed by atoms with Gasteiger partial charge < -0.3 is 10.1 Å². The van der Waals surface area contributed by atoms with Crippen molar-refractivity contribution in [3.05, 3.63) is 45.4 Å². The highest BCUT2D eigenvalue weighted by atomic mass is 79.9. The second-order valence-corrected chi connectivity index (χ2v) is 9.36. The largest absolute Gasteiger partial charge is 0.411 e. The number of sulfonamides is 1. The topological polar surface area (TPSA) is 121 Å². The molecular formula is C17H23BrFN5O4S. The van der Waals surface area contributed by atoms with Gasteiger partial charge in [-0.2, -0.15) is 0 Å². The zero-order chi connectivity index (χ0) is 21.4. The molecule has 0 spiro atoms. The maximum atomic E-state index is 13.4. The van der Waals surface area contributed by atoms with Gasteiger partial charge in [0.15, 0.2) is 5.69 Å². The first kappa shape index (κ1) is 23.4. The van der Waals surface area contributed by atoms with Crippen LogP contribution in [0.15, 0.2) is 32.5 Å². The summed E-state index contributed by atoms with van der Waals surface area (Å²) in [6, 6.07) is 4.51. The number of hydrogen-bond acceptors (Lipinski definition) is 8. The molecule has 1 heterocycles. The Hall–Kier alpha value is -1.89. The highest BCUT2D eigenvalue weighted by Gasteiger charge is 2.18. The van der Waals surface area contributed by atoms with Crippen LogP contribution >= 0.6 is 15.9 Å². The predicted octanol–water partition coefficient (Wildman–Crippen LogP) is 1.81. The van der Waals surface area contributed by atoms with Gasteiger partial charge in [0.2, 0.25) is 10.0 Å². The van der Waals surface area contributed by atoms with Crippen LogP contribution in [0.25, 0.3) is 0 Å². The molecule has 0 aliphatic carbocycles. The minimum atomic E-state index is -3.24. The molecule has 1 aromatic heterocycles. The maximum absolute atomic E-state index is 13.4. The smallest absolute Gasteiger partial charge is 0.212 e. The Labute approximate surface area is 177 Å². The van der Waals surface area contributed by atoms with E-state index in [-0.39, 0.29) is 23.7 Å². The quantitative estimate of drug-likeness (QED) is 0.279. The summed E-state index contributed by atoms with van der Waals surface area (Å²) >= 11 is 3.13. The van der Waals surface area contributed by atoms with Crippen molar-refractivity contribution in [2.75, 3.05) is 32.9 Å². The first-order chi connectivity index (χ1) is 13.8. The molecule has 0 saturated heterocycles. The number of nitrogens with zero attached hydrogens (tertiary/aromatic N) is 4. The molecule has 0 saturated carbocycles. The lowest BCUT2D eigenvalue weighted by Gasteiger charge is -2.15. The Morgan fingerprint density at radius 2 is 2.14 bits per heavy atom. The number of benzene rings is 1. The lowest BCUT2D eigenvalue weighted by atomic mass is 10.0. The van der Waals surface area contributed by atoms with Crippen LogP contribution < -0.4 is 4.72 Å². The van der Waals surface area contributed by atoms with Crippen molar-refractivity contribution in [2.24, 2.45) is 5.16 Å². The van der Waals surface area contributed by atoms with Gasteiger partial charge in [0.05, 0.1) is 10.2 Å². The third-order valence-corrected chi connectivity index (χ3v) is 6.26. The number of rotatable bonds is 11. The molecule has 2 N–H and O–H groups in total. The van der Waals surface area contributed by atoms with Gasteiger partial charge in [-0.25, -0.2) is 22.2 Å². The zero-order valence-electron chi connectivity index (χ0n) is 16.1. The van der Waals surface area contributed by atoms with Crippen LogP contribution in [0.2, 0.25) is 0 Å². The molecule has 0 unspecified atom stereocenters. The van der Waals surface area contributed by atoms with E-state index in [1.54, 1.807) is 12.1 Å². The van der Waals surface area contributed by atoms with Gasteiger partial charge in [0.1, 0.15) is 17.2 Å². The Kier molecular flexibility index (Phi) is 8.68. The average molecular weight is 492 g/mol. The van der Waals surface area contributed by atoms with Crippen LogP contribution in [-0.4, -0.2) is 67.5 Å². The van der Waals surface area contributed by atoms with Gasteiger partial charge in [-0.15, -0.1) is 0 Å². The predicted molar refractivity (Wildman–Crippen MR) is 109 cm³/mol. The average Bonchev–Trinajstić information content (AvgIpc) is 3.15. The lowest BCUT2D eigenvalue weighted by Crippen LogP contribution is -2.31. The van der Waals surface area contributed by atoms with Crippen molar-refractivity contribution < 1.29 is 22.6 Å². The highest BCUT2D eigenvalue weighted by Crippen LogP contribution is 2.19. The second kappa shape index (κ2) is 10.8. The van der Waals surface area contributed by atoms with Gasteiger partial charge >= 0.3 is 0 Å². The summed E-state index contributed by atoms with van der Waals surface area (Å²) in [5, 5.41) is 20.4. The minimum absolute atomic E-state index is 0.0192. The van der Waals surface area contributed by atoms with E-state index in [9.17, 15) is 18.0 Å². The summed E-state index contributed by atoms with van der Waals surface area (Å²) in [4.78, 5) is 1.90. The van der Waals surface area contributed by atoms with Crippen LogP contribution in [-0.2, 0) is 22.9 Å². The number of hydrogen-bond donors (Lipinski definition) is 2. The van der Waals surface area contributed by atoms with E-state index in [0.717, 1.165) is 5.56 Å². The number of aryl methyl sites for hydroxylation is 1. The standard InChI is InChI=1S/C17H23BrFN5O4S/c1-20-29(26,27)9-8-24(2)7-3-4-15-17(23-28-22-15)16(21-25)11-12-5-6-14(19)13(18)10-12/h5-6,10,20,25H,3-4,7-9,11H2,1-2H3/b21-16+. The molecule has 1 aromatic carbocycles. The molecule has 2 aromatic rings. The summed E-state index contributed by atoms with van der Waals surface area (Å²) < 4.78 is 43.8. The van der Waals surface area contributed by atoms with Crippen molar-refractivity contribution >= 4 is 31.7 Å². The monoisotopic (exact) mass is 491 g/mol. The van der Waals surface area contributed by atoms with Crippen LogP contribution in [0, 0.1) is 5.82 Å². The van der Waals surface area contributed by atoms with Crippen LogP contribution in [0.1, 0.15) is 23.4 Å². The number of nitrogens with one attached hydrogen (secondary N) is 1. The molecule has 9 nitrogen and oxygen atoms in total. The molecule has 0 atom stereocenters. The van der Waals surface area contributed by atoms with E-state index in [0.29, 0.717) is 41.8 Å². The van der Waals surface area contributed by atoms with Crippen molar-refractivity contribution in [1.82, 2.24) is 19.9 Å². The Morgan fingerprint density at radius 3 is 2.79 bits per heavy atom. The van der Waals surface area contributed by atoms with Gasteiger partial charge in [-0.1, -0.05) is 16.4 Å². The van der Waals surface area contributed by atoms with Crippen molar-refractivity contribution in [3.8, 4) is 0 Å². The minimum Gasteiger partial charge on any atom is -0.411 e. The van der Waals surface area contributed by atoms with Gasteiger partial charge in [0.25, 0.3) is 0 Å². The lowest BCUT2D eigenvalue weighted by molar-refractivity contribution is 0.299. The molecule has 0 aliphatic heterocycles. The number of oxime groups is 1. The summed E-state index contributed by atoms with van der Waals surface area (Å²) in [6.07, 6.45) is 1.41. The Morgan fingerprint density at radius 1 is 1.38 bits per heavy atom. The molecule has 2 rings (SSSR count). The molecule has 12 heteroatoms. The summed E-state index contributed by atoms with van der Waals surface area (Å²) in [7, 11) is -0.0173. The highest BCUT2D eigenvalue weighted by molar-refractivity contribution is 9.10. The first-order valence-electron chi connectivity index (χ1n) is 8.82. The molecular weight excluding hydrogens is 469 g/mol. The van der Waals surface area contributed by atoms with Crippen LogP contribution in [0.5, 0.6) is 0 Å². The molecule has 0 radical (unpaired) electrons. The van der Waals surface area contributed by atoms with E-state index >= 15 is 0 Å². The Bertz CT molecular complexity index is 951. The van der Waals surface area contributed by atoms with Crippen molar-refractivity contribution in [1.29, 1.82) is 0 Å². The molecule has 0 fully saturated rings. The third-order valence-electron chi connectivity index (χ3n) is 4.31. The zero-order valence-corrected chi connectivity index (χ0v) is 18.5. The normalized spacial score (nSPS) is 12.7. The van der Waals surface area contributed by atoms with E-state index in [1.807, 2.05) is 11.9 Å². The van der Waals surface area contributed by atoms with Crippen LogP contribution in [0.3, 0.4) is 0 Å². The molecule has 160 valence electrons. The third kappa shape index (κ3) is 7.14. The number of aromatic nitrogens is 2. The van der Waals surface area contributed by atoms with E-state index in [1.165, 1.54) is 13.1 Å². The SMILES string of the molecule is CNS(=O)(=O)CCN(C)CCCc1nonc1/C(Cc1ccc(F)c(Br)c1)=N/O. The summed E-state index contributed by atoms with van der Waals surface area (Å²) in [5.74, 6) is -0.364. The van der Waals surface area contributed by atoms with Crippen LogP contribution in [0.4, 0.5) is 4.39 Å². The fraction of sp³-hybridized carbons (Fsp3) is 0.471. The maximum Gasteiger partial charge on any atom is 0.212 e. The summed E-state index contributed by atoms with van der Waals surface area (Å²) in [6.45, 7) is 1.04. The van der Waals surface area contributed by atoms with E-state index in [2.05, 4.69) is 36.1 Å². The molecule has 29 heavy (non-hydrogen) atoms. The Balaban J connectivity index is 1.94. The van der Waals surface area contributed by atoms with E-state index in [4.69, 9.17) is 4.63 Å². The van der Waals surface area contributed by atoms with Crippen molar-refractivity contribution in [3.63, 3.8) is 0 Å². The molecule has 0 amide bonds. The first-order valence-corrected chi connectivity index (χ1v) is 11.3. The fourth-order valence-electron chi connectivity index (χ4n) is 2.61.